The van der Waals surface area contributed by atoms with Gasteiger partial charge in [0.2, 0.25) is 0 Å². The van der Waals surface area contributed by atoms with Gasteiger partial charge in [0.1, 0.15) is 0 Å². The van der Waals surface area contributed by atoms with Gasteiger partial charge in [0, 0.05) is 63.5 Å². The summed E-state index contributed by atoms with van der Waals surface area (Å²) in [7, 11) is 0. The molecular weight excluding hydrogens is 516 g/mol. The first-order chi connectivity index (χ1) is 20.1. The lowest BCUT2D eigenvalue weighted by atomic mass is 9.61. The SMILES string of the molecule is CCCCCC(C(=O)O)(C1C=Nc2ccc(CN3CCOCC3)cc21)C1C=Nc2ccc(CN3CCOCC3)cc21. The van der Waals surface area contributed by atoms with Crippen LogP contribution in [0.5, 0.6) is 0 Å². The van der Waals surface area contributed by atoms with Crippen molar-refractivity contribution in [2.75, 3.05) is 52.6 Å². The second kappa shape index (κ2) is 12.5. The summed E-state index contributed by atoms with van der Waals surface area (Å²) in [4.78, 5) is 28.0. The van der Waals surface area contributed by atoms with Crippen LogP contribution in [0.25, 0.3) is 0 Å². The summed E-state index contributed by atoms with van der Waals surface area (Å²) in [5.74, 6) is -1.43. The first kappa shape index (κ1) is 28.2. The number of aliphatic carboxylic acids is 1. The standard InChI is InChI=1S/C33H42N4O4/c1-2-3-4-9-33(32(38)39,28-20-34-30-7-5-24(18-26(28)30)22-36-10-14-40-15-11-36)29-21-35-31-8-6-25(19-27(29)31)23-37-12-16-41-17-13-37/h5-8,18-21,28-29H,2-4,9-17,22-23H2,1H3,(H,38,39). The number of morpholine rings is 2. The molecule has 0 bridgehead atoms. The van der Waals surface area contributed by atoms with E-state index in [2.05, 4.69) is 53.1 Å². The minimum absolute atomic E-state index is 0.332. The number of aliphatic imine (C=N–C) groups is 2. The highest BCUT2D eigenvalue weighted by Crippen LogP contribution is 2.56. The van der Waals surface area contributed by atoms with Crippen LogP contribution in [0.15, 0.2) is 46.4 Å². The average Bonchev–Trinajstić information content (AvgIpc) is 3.61. The largest absolute Gasteiger partial charge is 0.481 e. The van der Waals surface area contributed by atoms with Crippen LogP contribution in [0.3, 0.4) is 0 Å². The molecule has 2 aromatic rings. The molecule has 0 saturated carbocycles. The van der Waals surface area contributed by atoms with Crippen LogP contribution in [0, 0.1) is 5.41 Å². The van der Waals surface area contributed by atoms with Crippen LogP contribution in [-0.2, 0) is 27.4 Å². The first-order valence-corrected chi connectivity index (χ1v) is 15.3. The average molecular weight is 559 g/mol. The molecule has 2 unspecified atom stereocenters. The number of carboxylic acid groups (broad SMARTS) is 1. The summed E-state index contributed by atoms with van der Waals surface area (Å²) < 4.78 is 11.1. The molecular formula is C33H42N4O4. The van der Waals surface area contributed by atoms with Crippen molar-refractivity contribution < 1.29 is 19.4 Å². The number of ether oxygens (including phenoxy) is 2. The lowest BCUT2D eigenvalue weighted by molar-refractivity contribution is -0.150. The molecule has 0 spiro atoms. The highest BCUT2D eigenvalue weighted by molar-refractivity contribution is 5.96. The Morgan fingerprint density at radius 2 is 1.32 bits per heavy atom. The van der Waals surface area contributed by atoms with Crippen molar-refractivity contribution in [3.8, 4) is 0 Å². The third kappa shape index (κ3) is 5.75. The number of nitrogens with zero attached hydrogens (tertiary/aromatic N) is 4. The van der Waals surface area contributed by atoms with Gasteiger partial charge >= 0.3 is 5.97 Å². The van der Waals surface area contributed by atoms with Gasteiger partial charge in [0.05, 0.1) is 43.2 Å². The quantitative estimate of drug-likeness (QED) is 0.377. The fraction of sp³-hybridized carbons (Fsp3) is 0.545. The Morgan fingerprint density at radius 1 is 0.829 bits per heavy atom. The third-order valence-corrected chi connectivity index (χ3v) is 9.30. The zero-order chi connectivity index (χ0) is 28.2. The van der Waals surface area contributed by atoms with Crippen LogP contribution in [0.4, 0.5) is 11.4 Å². The Balaban J connectivity index is 1.35. The van der Waals surface area contributed by atoms with Gasteiger partial charge in [0.25, 0.3) is 0 Å². The molecule has 4 heterocycles. The molecule has 2 atom stereocenters. The fourth-order valence-electron chi connectivity index (χ4n) is 7.01. The Morgan fingerprint density at radius 3 is 1.76 bits per heavy atom. The summed E-state index contributed by atoms with van der Waals surface area (Å²) in [6.45, 7) is 10.5. The van der Waals surface area contributed by atoms with Gasteiger partial charge in [-0.2, -0.15) is 0 Å². The number of fused-ring (bicyclic) bond motifs is 2. The predicted octanol–water partition coefficient (Wildman–Crippen LogP) is 5.30. The zero-order valence-electron chi connectivity index (χ0n) is 24.1. The maximum Gasteiger partial charge on any atom is 0.311 e. The monoisotopic (exact) mass is 558 g/mol. The van der Waals surface area contributed by atoms with E-state index in [1.54, 1.807) is 0 Å². The van der Waals surface area contributed by atoms with Gasteiger partial charge in [-0.15, -0.1) is 0 Å². The van der Waals surface area contributed by atoms with Gasteiger partial charge in [0.15, 0.2) is 0 Å². The molecule has 0 radical (unpaired) electrons. The summed E-state index contributed by atoms with van der Waals surface area (Å²) in [6, 6.07) is 12.8. The smallest absolute Gasteiger partial charge is 0.311 e. The second-order valence-corrected chi connectivity index (χ2v) is 11.9. The number of hydrogen-bond acceptors (Lipinski definition) is 7. The van der Waals surface area contributed by atoms with Gasteiger partial charge in [-0.1, -0.05) is 50.5 Å². The number of carboxylic acids is 1. The lowest BCUT2D eigenvalue weighted by Gasteiger charge is -2.39. The van der Waals surface area contributed by atoms with Crippen LogP contribution in [0.1, 0.15) is 66.7 Å². The van der Waals surface area contributed by atoms with Crippen molar-refractivity contribution >= 4 is 29.8 Å². The van der Waals surface area contributed by atoms with Crippen LogP contribution >= 0.6 is 0 Å². The van der Waals surface area contributed by atoms with E-state index in [-0.39, 0.29) is 11.8 Å². The van der Waals surface area contributed by atoms with Gasteiger partial charge < -0.3 is 14.6 Å². The second-order valence-electron chi connectivity index (χ2n) is 11.9. The zero-order valence-corrected chi connectivity index (χ0v) is 24.1. The summed E-state index contributed by atoms with van der Waals surface area (Å²) in [6.07, 6.45) is 7.27. The number of carbonyl (C=O) groups is 1. The third-order valence-electron chi connectivity index (χ3n) is 9.30. The minimum Gasteiger partial charge on any atom is -0.481 e. The number of unbranched alkanes of at least 4 members (excludes halogenated alkanes) is 2. The molecule has 2 saturated heterocycles. The van der Waals surface area contributed by atoms with Crippen molar-refractivity contribution in [2.24, 2.45) is 15.4 Å². The van der Waals surface area contributed by atoms with Crippen LogP contribution < -0.4 is 0 Å². The van der Waals surface area contributed by atoms with Gasteiger partial charge in [-0.05, 0) is 40.8 Å². The van der Waals surface area contributed by atoms with E-state index in [4.69, 9.17) is 19.5 Å². The molecule has 218 valence electrons. The van der Waals surface area contributed by atoms with Crippen molar-refractivity contribution in [1.82, 2.24) is 9.80 Å². The van der Waals surface area contributed by atoms with E-state index in [1.807, 2.05) is 12.4 Å². The number of hydrogen-bond donors (Lipinski definition) is 1. The summed E-state index contributed by atoms with van der Waals surface area (Å²) in [5.41, 5.74) is 5.15. The summed E-state index contributed by atoms with van der Waals surface area (Å²) in [5, 5.41) is 11.2. The predicted molar refractivity (Wildman–Crippen MR) is 161 cm³/mol. The normalized spacial score (nSPS) is 23.8. The van der Waals surface area contributed by atoms with E-state index in [0.717, 1.165) is 107 Å². The molecule has 4 aliphatic heterocycles. The maximum absolute atomic E-state index is 13.6. The lowest BCUT2D eigenvalue weighted by Crippen LogP contribution is -2.43. The maximum atomic E-state index is 13.6. The van der Waals surface area contributed by atoms with Crippen molar-refractivity contribution in [3.05, 3.63) is 58.7 Å². The van der Waals surface area contributed by atoms with Crippen molar-refractivity contribution in [2.45, 2.75) is 57.5 Å². The van der Waals surface area contributed by atoms with E-state index < -0.39 is 11.4 Å². The first-order valence-electron chi connectivity index (χ1n) is 15.3. The molecule has 1 N–H and O–H groups in total. The molecule has 8 heteroatoms. The van der Waals surface area contributed by atoms with Crippen molar-refractivity contribution in [3.63, 3.8) is 0 Å². The molecule has 41 heavy (non-hydrogen) atoms. The molecule has 2 aromatic carbocycles. The van der Waals surface area contributed by atoms with E-state index >= 15 is 0 Å². The van der Waals surface area contributed by atoms with Crippen LogP contribution in [-0.4, -0.2) is 85.9 Å². The number of rotatable bonds is 11. The highest BCUT2D eigenvalue weighted by atomic mass is 16.5. The topological polar surface area (TPSA) is 87.0 Å². The Kier molecular flexibility index (Phi) is 8.63. The minimum atomic E-state index is -1.08. The highest BCUT2D eigenvalue weighted by Gasteiger charge is 2.54. The van der Waals surface area contributed by atoms with Gasteiger partial charge in [-0.25, -0.2) is 0 Å². The van der Waals surface area contributed by atoms with E-state index in [0.29, 0.717) is 6.42 Å². The number of benzene rings is 2. The molecule has 4 aliphatic rings. The Labute approximate surface area is 243 Å². The van der Waals surface area contributed by atoms with E-state index in [9.17, 15) is 9.90 Å². The molecule has 2 fully saturated rings. The Hall–Kier alpha value is -2.91. The molecule has 6 rings (SSSR count). The Bertz CT molecular complexity index is 1210. The van der Waals surface area contributed by atoms with Gasteiger partial charge in [-0.3, -0.25) is 24.6 Å². The van der Waals surface area contributed by atoms with Crippen LogP contribution in [0.2, 0.25) is 0 Å². The molecule has 0 aromatic heterocycles. The van der Waals surface area contributed by atoms with E-state index in [1.165, 1.54) is 11.1 Å². The molecule has 0 aliphatic carbocycles. The van der Waals surface area contributed by atoms with Crippen molar-refractivity contribution in [1.29, 1.82) is 0 Å². The summed E-state index contributed by atoms with van der Waals surface area (Å²) >= 11 is 0. The molecule has 0 amide bonds. The fourth-order valence-corrected chi connectivity index (χ4v) is 7.01. The molecule has 8 nitrogen and oxygen atoms in total.